The van der Waals surface area contributed by atoms with Gasteiger partial charge in [-0.3, -0.25) is 57.5 Å². The van der Waals surface area contributed by atoms with Gasteiger partial charge in [-0.2, -0.15) is 0 Å². The quantitative estimate of drug-likeness (QED) is 0.0337. The smallest absolute Gasteiger partial charge is 0.315 e. The van der Waals surface area contributed by atoms with Crippen molar-refractivity contribution in [2.75, 3.05) is 25.4 Å². The highest BCUT2D eigenvalue weighted by Gasteiger charge is 2.73. The largest absolute Gasteiger partial charge is 0.363 e. The zero-order valence-electron chi connectivity index (χ0n) is 77.4. The molecule has 696 valence electrons. The Balaban J connectivity index is 0.000000197. The molecule has 12 fully saturated rings. The number of sulfone groups is 1. The maximum atomic E-state index is 14.5. The van der Waals surface area contributed by atoms with Crippen LogP contribution >= 0.6 is 0 Å². The molecule has 0 aromatic carbocycles. The first kappa shape index (κ1) is 98.2. The van der Waals surface area contributed by atoms with Crippen molar-refractivity contribution in [1.82, 2.24) is 67.9 Å². The number of fused-ring (bicyclic) bond motifs is 3. The second-order valence-corrected chi connectivity index (χ2v) is 46.9. The van der Waals surface area contributed by atoms with E-state index in [2.05, 4.69) is 94.7 Å². The lowest BCUT2D eigenvalue weighted by molar-refractivity contribution is -0.145. The van der Waals surface area contributed by atoms with E-state index in [0.717, 1.165) is 103 Å². The van der Waals surface area contributed by atoms with E-state index in [-0.39, 0.29) is 99.3 Å². The van der Waals surface area contributed by atoms with Crippen LogP contribution in [0.2, 0.25) is 0 Å². The third-order valence-electron chi connectivity index (χ3n) is 29.9. The summed E-state index contributed by atoms with van der Waals surface area (Å²) in [5.41, 5.74) is 6.82. The summed E-state index contributed by atoms with van der Waals surface area (Å²) in [5.74, 6) is -6.74. The summed E-state index contributed by atoms with van der Waals surface area (Å²) >= 11 is 0. The van der Waals surface area contributed by atoms with Crippen LogP contribution in [0.5, 0.6) is 0 Å². The van der Waals surface area contributed by atoms with E-state index >= 15 is 0 Å². The normalized spacial score (nSPS) is 28.1. The number of hydrogen-bond donors (Lipinski definition) is 12. The second-order valence-electron chi connectivity index (χ2n) is 44.6. The van der Waals surface area contributed by atoms with Crippen LogP contribution in [0.4, 0.5) is 14.4 Å². The summed E-state index contributed by atoms with van der Waals surface area (Å²) in [5, 5.41) is 28.1. The van der Waals surface area contributed by atoms with Gasteiger partial charge in [0.2, 0.25) is 52.8 Å². The molecular weight excluding hydrogens is 1610 g/mol. The number of nitrogens with two attached hydrogens (primary N) is 2. The molecule has 12 rings (SSSR count). The molecular formula is C91H149N15O17S. The van der Waals surface area contributed by atoms with Crippen LogP contribution in [0.15, 0.2) is 0 Å². The van der Waals surface area contributed by atoms with Crippen molar-refractivity contribution in [1.29, 1.82) is 0 Å². The molecule has 124 heavy (non-hydrogen) atoms. The minimum Gasteiger partial charge on any atom is -0.363 e. The lowest BCUT2D eigenvalue weighted by Gasteiger charge is -2.43. The first-order valence-corrected chi connectivity index (χ1v) is 48.0. The van der Waals surface area contributed by atoms with Gasteiger partial charge in [0.05, 0.1) is 34.7 Å². The highest BCUT2D eigenvalue weighted by molar-refractivity contribution is 7.92. The number of carbonyl (C=O) groups is 15. The molecule has 4 aliphatic heterocycles. The Morgan fingerprint density at radius 2 is 0.790 bits per heavy atom. The summed E-state index contributed by atoms with van der Waals surface area (Å²) in [6, 6.07) is -9.42. The highest BCUT2D eigenvalue weighted by Crippen LogP contribution is 2.67. The molecule has 0 aromatic heterocycles. The molecule has 16 atom stereocenters. The van der Waals surface area contributed by atoms with Gasteiger partial charge in [0.1, 0.15) is 36.3 Å². The average molecular weight is 1760 g/mol. The summed E-state index contributed by atoms with van der Waals surface area (Å²) in [6.07, 6.45) is 20.1. The van der Waals surface area contributed by atoms with Crippen LogP contribution in [-0.2, 0) is 67.4 Å². The van der Waals surface area contributed by atoms with E-state index in [1.807, 2.05) is 90.0 Å². The van der Waals surface area contributed by atoms with Crippen molar-refractivity contribution >= 4 is 98.4 Å². The van der Waals surface area contributed by atoms with E-state index in [4.69, 9.17) is 11.5 Å². The number of amides is 15. The monoisotopic (exact) mass is 1760 g/mol. The number of urea groups is 3. The number of rotatable bonds is 29. The van der Waals surface area contributed by atoms with E-state index in [1.165, 1.54) is 6.42 Å². The van der Waals surface area contributed by atoms with Crippen molar-refractivity contribution in [3.63, 3.8) is 0 Å². The predicted octanol–water partition coefficient (Wildman–Crippen LogP) is 6.94. The number of nitrogens with zero attached hydrogens (tertiary/aromatic N) is 3. The van der Waals surface area contributed by atoms with Gasteiger partial charge in [-0.05, 0) is 171 Å². The molecule has 15 amide bonds. The molecule has 33 heteroatoms. The number of nitrogens with one attached hydrogen (secondary N) is 10. The molecule has 8 aliphatic carbocycles. The minimum atomic E-state index is -3.35. The van der Waals surface area contributed by atoms with Gasteiger partial charge < -0.3 is 79.3 Å². The van der Waals surface area contributed by atoms with Gasteiger partial charge in [-0.25, -0.2) is 22.8 Å². The van der Waals surface area contributed by atoms with E-state index < -0.39 is 168 Å². The SMILES string of the molecule is CC(C)(C)NC(=O)N[C@H](C(=O)N1C[C@H]2[C@@H]([C@H]1C(=O)NC(CC1CCC1)C(=O)C(N)=O)C2(C)C)C(C)(C)C.CC1(C)C2CN(C(=O)[C@@H](NC(=O)NC3CCCCC3)C(C)(C)C)[C@H](C(=O)NC(CC3CCC3)C(=O)C(N)=O)C21.CCCC[C@H](NC(=O)[C@@H]1[C@@H]2[C@H](CN1C(=O)[C@@H](NC(=O)NC1([C@H]3CCCS3(=O)=O)CCCCC1)C(C)(C)C)C2(C)C)C(=O)C(=O)NC1CC1. The third-order valence-corrected chi connectivity index (χ3v) is 32.3. The highest BCUT2D eigenvalue weighted by atomic mass is 32.2. The Hall–Kier alpha value is -8.00. The first-order valence-electron chi connectivity index (χ1n) is 46.3. The van der Waals surface area contributed by atoms with Crippen LogP contribution in [0.3, 0.4) is 0 Å². The van der Waals surface area contributed by atoms with Crippen molar-refractivity contribution in [3.8, 4) is 0 Å². The Morgan fingerprint density at radius 1 is 0.419 bits per heavy atom. The molecule has 0 spiro atoms. The number of carbonyl (C=O) groups excluding carboxylic acids is 15. The van der Waals surface area contributed by atoms with Crippen molar-refractivity contribution in [2.24, 2.45) is 91.3 Å². The maximum absolute atomic E-state index is 14.5. The van der Waals surface area contributed by atoms with E-state index in [0.29, 0.717) is 71.0 Å². The van der Waals surface area contributed by atoms with Gasteiger partial charge in [-0.1, -0.05) is 201 Å². The van der Waals surface area contributed by atoms with Gasteiger partial charge in [0.25, 0.3) is 17.7 Å². The fraction of sp³-hybridized carbons (Fsp3) is 0.835. The summed E-state index contributed by atoms with van der Waals surface area (Å²) in [7, 11) is -3.35. The summed E-state index contributed by atoms with van der Waals surface area (Å²) < 4.78 is 26.1. The van der Waals surface area contributed by atoms with E-state index in [1.54, 1.807) is 14.7 Å². The zero-order chi connectivity index (χ0) is 92.0. The third kappa shape index (κ3) is 22.6. The van der Waals surface area contributed by atoms with Gasteiger partial charge in [0, 0.05) is 37.3 Å². The Morgan fingerprint density at radius 3 is 1.13 bits per heavy atom. The van der Waals surface area contributed by atoms with Crippen LogP contribution in [0, 0.1) is 79.8 Å². The minimum absolute atomic E-state index is 0.00883. The lowest BCUT2D eigenvalue weighted by atomic mass is 9.78. The molecule has 0 bridgehead atoms. The van der Waals surface area contributed by atoms with E-state index in [9.17, 15) is 80.3 Å². The fourth-order valence-corrected chi connectivity index (χ4v) is 23.9. The standard InChI is InChI=1S/C35H57N5O7S.C29H47N5O5.C27H45N5O5/c1-7-8-13-23(27(41)30(43)36-21-15-16-21)37-29(42)26-25-22(34(25,5)6)20-40(26)31(44)28(33(2,3)4)38-32(45)39-35(17-10-9-11-18-35)24-14-12-19-48(24,46)47;1-28(2,3)23(33-27(39)31-17-12-7-6-8-13-17)26(38)34-15-18-20(29(18,4)5)21(34)25(37)32-19(22(35)24(30)36)14-16-10-9-11-16;1-25(2,3)20(30-24(37)31-26(4,5)6)23(36)32-13-15-17(27(15,7)8)18(32)22(35)29-16(19(33)21(28)34)12-14-10-9-11-14/h21-26,28H,7-20H2,1-6H3,(H,36,43)(H,37,42)(H2,38,39,45);16-21,23H,6-15H2,1-5H3,(H2,30,36)(H,32,37)(H2,31,33,39);14-18,20H,9-13H2,1-8H3,(H2,28,34)(H,29,35)(H2,30,31,37)/t22-,23-,24+,25-,26-,28+;18?,19?,20?,21-,23+;15-,16?,17-,18-,20+/m000/s1. The molecule has 4 heterocycles. The molecule has 8 saturated carbocycles. The lowest BCUT2D eigenvalue weighted by Crippen LogP contribution is -2.65. The zero-order valence-corrected chi connectivity index (χ0v) is 78.2. The van der Waals surface area contributed by atoms with Crippen LogP contribution in [0.1, 0.15) is 292 Å². The van der Waals surface area contributed by atoms with Crippen molar-refractivity contribution in [3.05, 3.63) is 0 Å². The van der Waals surface area contributed by atoms with Gasteiger partial charge in [0.15, 0.2) is 9.84 Å². The molecule has 14 N–H and O–H groups in total. The number of ketones is 3. The number of Topliss-reactive ketones (excluding diaryl/α,β-unsaturated/α-hetero) is 3. The predicted molar refractivity (Wildman–Crippen MR) is 467 cm³/mol. The van der Waals surface area contributed by atoms with Crippen molar-refractivity contribution in [2.45, 2.75) is 375 Å². The topological polar surface area (TPSA) is 472 Å². The molecule has 0 radical (unpaired) electrons. The molecule has 4 saturated heterocycles. The maximum Gasteiger partial charge on any atom is 0.315 e. The average Bonchev–Trinajstić information content (AvgIpc) is 1.53. The Kier molecular flexibility index (Phi) is 29.9. The van der Waals surface area contributed by atoms with Gasteiger partial charge in [-0.15, -0.1) is 0 Å². The Labute approximate surface area is 734 Å². The van der Waals surface area contributed by atoms with Crippen LogP contribution in [-0.4, -0.2) is 220 Å². The Bertz CT molecular complexity index is 4170. The molecule has 12 aliphatic rings. The van der Waals surface area contributed by atoms with Crippen LogP contribution < -0.4 is 64.6 Å². The number of hydrogen-bond acceptors (Lipinski definition) is 17. The molecule has 4 unspecified atom stereocenters. The number of piperidine rings is 3. The molecule has 0 aromatic rings. The first-order chi connectivity index (χ1) is 57.5. The van der Waals surface area contributed by atoms with Gasteiger partial charge >= 0.3 is 18.1 Å². The fourth-order valence-electron chi connectivity index (χ4n) is 21.5. The summed E-state index contributed by atoms with van der Waals surface area (Å²) in [4.78, 5) is 202. The second kappa shape index (κ2) is 37.7. The number of unbranched alkanes of at least 4 members (excludes halogenated alkanes) is 1. The summed E-state index contributed by atoms with van der Waals surface area (Å²) in [6.45, 7) is 37.9. The molecule has 32 nitrogen and oxygen atoms in total. The number of primary amides is 2. The van der Waals surface area contributed by atoms with Crippen molar-refractivity contribution < 1.29 is 80.3 Å². The number of likely N-dealkylation sites (tertiary alicyclic amines) is 3. The van der Waals surface area contributed by atoms with Crippen LogP contribution in [0.25, 0.3) is 0 Å².